The molecule has 194 valence electrons. The third kappa shape index (κ3) is 9.03. The van der Waals surface area contributed by atoms with E-state index >= 15 is 0 Å². The molecule has 0 saturated carbocycles. The number of hydrogen-bond acceptors (Lipinski definition) is 10. The summed E-state index contributed by atoms with van der Waals surface area (Å²) in [6.07, 6.45) is 3.28. The number of hydrogen-bond donors (Lipinski definition) is 5. The van der Waals surface area contributed by atoms with Gasteiger partial charge in [-0.15, -0.1) is 0 Å². The maximum atomic E-state index is 11.2. The Bertz CT molecular complexity index is 1370. The summed E-state index contributed by atoms with van der Waals surface area (Å²) < 4.78 is 62.6. The lowest BCUT2D eigenvalue weighted by Crippen LogP contribution is -2.17. The summed E-state index contributed by atoms with van der Waals surface area (Å²) in [7, 11) is -8.50. The van der Waals surface area contributed by atoms with Gasteiger partial charge in [-0.05, 0) is 48.2 Å². The third-order valence-electron chi connectivity index (χ3n) is 4.98. The molecule has 0 spiro atoms. The van der Waals surface area contributed by atoms with Crippen LogP contribution in [-0.2, 0) is 33.2 Å². The summed E-state index contributed by atoms with van der Waals surface area (Å²) in [5.41, 5.74) is 2.70. The van der Waals surface area contributed by atoms with Crippen LogP contribution in [0.5, 0.6) is 0 Å². The van der Waals surface area contributed by atoms with E-state index in [4.69, 9.17) is 9.11 Å². The van der Waals surface area contributed by atoms with Gasteiger partial charge in [0.2, 0.25) is 17.8 Å². The standard InChI is InChI=1S/C22H28N6O6S2/c1-2-3-4-16-5-7-17(8-6-16)15-24-21-26-20(23-13-14-35(29,30)31)27-22(28-21)25-18-9-11-19(12-10-18)36(32,33)34/h5-12H,2-4,13-15H2,1H3,(H,29,30,31)(H,32,33,34)(H3,23,24,25,26,27,28). The van der Waals surface area contributed by atoms with Crippen molar-refractivity contribution in [1.82, 2.24) is 15.0 Å². The maximum Gasteiger partial charge on any atom is 0.294 e. The molecule has 0 unspecified atom stereocenters. The molecule has 0 amide bonds. The van der Waals surface area contributed by atoms with Crippen molar-refractivity contribution >= 4 is 43.8 Å². The zero-order valence-corrected chi connectivity index (χ0v) is 21.2. The van der Waals surface area contributed by atoms with Crippen molar-refractivity contribution < 1.29 is 25.9 Å². The SMILES string of the molecule is CCCCc1ccc(CNc2nc(NCCS(=O)(=O)O)nc(Nc3ccc(S(=O)(=O)O)cc3)n2)cc1. The van der Waals surface area contributed by atoms with Crippen LogP contribution in [-0.4, -0.2) is 53.2 Å². The molecule has 2 aromatic carbocycles. The van der Waals surface area contributed by atoms with Gasteiger partial charge in [-0.2, -0.15) is 31.8 Å². The summed E-state index contributed by atoms with van der Waals surface area (Å²) >= 11 is 0. The number of aromatic nitrogens is 3. The summed E-state index contributed by atoms with van der Waals surface area (Å²) in [4.78, 5) is 12.5. The second-order valence-electron chi connectivity index (χ2n) is 7.92. The van der Waals surface area contributed by atoms with Crippen LogP contribution >= 0.6 is 0 Å². The lowest BCUT2D eigenvalue weighted by atomic mass is 10.1. The first kappa shape index (κ1) is 27.3. The van der Waals surface area contributed by atoms with E-state index in [1.165, 1.54) is 29.8 Å². The highest BCUT2D eigenvalue weighted by Crippen LogP contribution is 2.19. The molecule has 5 N–H and O–H groups in total. The fourth-order valence-electron chi connectivity index (χ4n) is 3.11. The second kappa shape index (κ2) is 12.1. The Morgan fingerprint density at radius 3 is 1.94 bits per heavy atom. The minimum atomic E-state index is -4.33. The van der Waals surface area contributed by atoms with Gasteiger partial charge in [0.25, 0.3) is 20.2 Å². The number of unbranched alkanes of at least 4 members (excludes halogenated alkanes) is 1. The average molecular weight is 537 g/mol. The molecule has 0 radical (unpaired) electrons. The summed E-state index contributed by atoms with van der Waals surface area (Å²) in [5.74, 6) is -0.183. The summed E-state index contributed by atoms with van der Waals surface area (Å²) in [6, 6.07) is 13.5. The van der Waals surface area contributed by atoms with Crippen molar-refractivity contribution in [2.24, 2.45) is 0 Å². The lowest BCUT2D eigenvalue weighted by molar-refractivity contribution is 0.481. The van der Waals surface area contributed by atoms with E-state index in [1.54, 1.807) is 0 Å². The lowest BCUT2D eigenvalue weighted by Gasteiger charge is -2.12. The quantitative estimate of drug-likeness (QED) is 0.201. The van der Waals surface area contributed by atoms with Crippen LogP contribution in [0.15, 0.2) is 53.4 Å². The zero-order valence-electron chi connectivity index (χ0n) is 19.5. The minimum Gasteiger partial charge on any atom is -0.353 e. The van der Waals surface area contributed by atoms with E-state index in [0.717, 1.165) is 24.8 Å². The normalized spacial score (nSPS) is 11.8. The Hall–Kier alpha value is -3.33. The van der Waals surface area contributed by atoms with Gasteiger partial charge >= 0.3 is 0 Å². The van der Waals surface area contributed by atoms with Crippen molar-refractivity contribution in [1.29, 1.82) is 0 Å². The highest BCUT2D eigenvalue weighted by molar-refractivity contribution is 7.86. The smallest absolute Gasteiger partial charge is 0.294 e. The molecule has 0 aliphatic rings. The monoisotopic (exact) mass is 536 g/mol. The fraction of sp³-hybridized carbons (Fsp3) is 0.318. The molecular formula is C22H28N6O6S2. The first-order valence-corrected chi connectivity index (χ1v) is 14.2. The molecule has 3 aromatic rings. The second-order valence-corrected chi connectivity index (χ2v) is 10.9. The van der Waals surface area contributed by atoms with Crippen LogP contribution < -0.4 is 16.0 Å². The van der Waals surface area contributed by atoms with E-state index in [-0.39, 0.29) is 29.3 Å². The molecule has 12 nitrogen and oxygen atoms in total. The zero-order chi connectivity index (χ0) is 26.2. The Labute approximate surface area is 210 Å². The average Bonchev–Trinajstić information content (AvgIpc) is 2.81. The molecule has 14 heteroatoms. The molecule has 0 aliphatic carbocycles. The predicted molar refractivity (Wildman–Crippen MR) is 137 cm³/mol. The number of aryl methyl sites for hydroxylation is 1. The van der Waals surface area contributed by atoms with E-state index in [1.807, 2.05) is 12.1 Å². The number of rotatable bonds is 13. The molecule has 0 fully saturated rings. The van der Waals surface area contributed by atoms with Gasteiger partial charge in [0.1, 0.15) is 0 Å². The molecule has 1 aromatic heterocycles. The van der Waals surface area contributed by atoms with Crippen LogP contribution in [0, 0.1) is 0 Å². The van der Waals surface area contributed by atoms with Crippen molar-refractivity contribution in [2.45, 2.75) is 37.6 Å². The van der Waals surface area contributed by atoms with E-state index in [9.17, 15) is 16.8 Å². The highest BCUT2D eigenvalue weighted by atomic mass is 32.2. The first-order valence-electron chi connectivity index (χ1n) is 11.1. The Morgan fingerprint density at radius 2 is 1.36 bits per heavy atom. The molecule has 0 saturated heterocycles. The van der Waals surface area contributed by atoms with Gasteiger partial charge in [-0.3, -0.25) is 9.11 Å². The van der Waals surface area contributed by atoms with Crippen LogP contribution in [0.4, 0.5) is 23.5 Å². The van der Waals surface area contributed by atoms with Gasteiger partial charge in [-0.25, -0.2) is 0 Å². The van der Waals surface area contributed by atoms with Crippen LogP contribution in [0.2, 0.25) is 0 Å². The number of anilines is 4. The van der Waals surface area contributed by atoms with E-state index < -0.39 is 26.0 Å². The maximum absolute atomic E-state index is 11.2. The van der Waals surface area contributed by atoms with Gasteiger partial charge in [-0.1, -0.05) is 37.6 Å². The van der Waals surface area contributed by atoms with Gasteiger partial charge in [0.05, 0.1) is 10.6 Å². The Kier molecular flexibility index (Phi) is 9.14. The third-order valence-corrected chi connectivity index (χ3v) is 6.57. The Morgan fingerprint density at radius 1 is 0.778 bits per heavy atom. The van der Waals surface area contributed by atoms with Gasteiger partial charge < -0.3 is 16.0 Å². The molecule has 1 heterocycles. The summed E-state index contributed by atoms with van der Waals surface area (Å²) in [5, 5.41) is 8.74. The first-order chi connectivity index (χ1) is 17.0. The van der Waals surface area contributed by atoms with E-state index in [0.29, 0.717) is 12.2 Å². The molecule has 0 bridgehead atoms. The summed E-state index contributed by atoms with van der Waals surface area (Å²) in [6.45, 7) is 2.44. The van der Waals surface area contributed by atoms with E-state index in [2.05, 4.69) is 50.0 Å². The van der Waals surface area contributed by atoms with Crippen LogP contribution in [0.3, 0.4) is 0 Å². The molecule has 36 heavy (non-hydrogen) atoms. The van der Waals surface area contributed by atoms with Gasteiger partial charge in [0.15, 0.2) is 0 Å². The highest BCUT2D eigenvalue weighted by Gasteiger charge is 2.11. The number of nitrogens with zero attached hydrogens (tertiary/aromatic N) is 3. The predicted octanol–water partition coefficient (Wildman–Crippen LogP) is 3.12. The van der Waals surface area contributed by atoms with Crippen molar-refractivity contribution in [3.05, 3.63) is 59.7 Å². The molecule has 0 atom stereocenters. The number of benzene rings is 2. The topological polar surface area (TPSA) is 184 Å². The Balaban J connectivity index is 1.75. The van der Waals surface area contributed by atoms with Crippen LogP contribution in [0.1, 0.15) is 30.9 Å². The largest absolute Gasteiger partial charge is 0.353 e. The van der Waals surface area contributed by atoms with Crippen molar-refractivity contribution in [3.63, 3.8) is 0 Å². The fourth-order valence-corrected chi connectivity index (χ4v) is 3.95. The van der Waals surface area contributed by atoms with Gasteiger partial charge in [0, 0.05) is 18.8 Å². The molecular weight excluding hydrogens is 508 g/mol. The van der Waals surface area contributed by atoms with Crippen molar-refractivity contribution in [3.8, 4) is 0 Å². The minimum absolute atomic E-state index is 0.0584. The number of nitrogens with one attached hydrogen (secondary N) is 3. The molecule has 3 rings (SSSR count). The van der Waals surface area contributed by atoms with Crippen molar-refractivity contribution in [2.75, 3.05) is 28.2 Å². The van der Waals surface area contributed by atoms with Crippen LogP contribution in [0.25, 0.3) is 0 Å². The molecule has 0 aliphatic heterocycles.